The van der Waals surface area contributed by atoms with Crippen LogP contribution in [0.15, 0.2) is 0 Å². The van der Waals surface area contributed by atoms with Crippen LogP contribution in [0.2, 0.25) is 25.2 Å². The maximum Gasteiger partial charge on any atom is 0.0674 e. The van der Waals surface area contributed by atoms with Gasteiger partial charge in [-0.3, -0.25) is 0 Å². The lowest BCUT2D eigenvalue weighted by Gasteiger charge is -2.31. The lowest BCUT2D eigenvalue weighted by molar-refractivity contribution is 0.128. The smallest absolute Gasteiger partial charge is 0.0674 e. The van der Waals surface area contributed by atoms with Gasteiger partial charge in [-0.25, -0.2) is 0 Å². The van der Waals surface area contributed by atoms with Gasteiger partial charge in [0.15, 0.2) is 0 Å². The normalized spacial score (nSPS) is 15.7. The molecule has 0 saturated carbocycles. The fourth-order valence-electron chi connectivity index (χ4n) is 1.51. The van der Waals surface area contributed by atoms with E-state index in [2.05, 4.69) is 52.3 Å². The van der Waals surface area contributed by atoms with E-state index in [1.165, 1.54) is 0 Å². The average molecular weight is 226 g/mol. The third-order valence-corrected chi connectivity index (χ3v) is 4.94. The zero-order valence-electron chi connectivity index (χ0n) is 11.1. The van der Waals surface area contributed by atoms with Crippen molar-refractivity contribution in [2.75, 3.05) is 0 Å². The number of aliphatic hydroxyl groups excluding tert-OH is 1. The number of unbranched alkanes of at least 4 members (excludes halogenated alkanes) is 1. The van der Waals surface area contributed by atoms with Crippen LogP contribution in [0.5, 0.6) is 0 Å². The fourth-order valence-corrected chi connectivity index (χ4v) is 3.45. The molecule has 0 radical (unpaired) electrons. The highest BCUT2D eigenvalue weighted by atomic mass is 28.3. The Morgan fingerprint density at radius 3 is 2.07 bits per heavy atom. The van der Waals surface area contributed by atoms with E-state index in [-0.39, 0.29) is 11.6 Å². The van der Waals surface area contributed by atoms with Crippen molar-refractivity contribution in [1.29, 1.82) is 0 Å². The van der Waals surface area contributed by atoms with Crippen molar-refractivity contribution < 1.29 is 5.11 Å². The molecule has 0 bridgehead atoms. The van der Waals surface area contributed by atoms with Gasteiger partial charge >= 0.3 is 0 Å². The predicted octanol–water partition coefficient (Wildman–Crippen LogP) is 3.52. The first kappa shape index (κ1) is 14.7. The molecule has 1 N–H and O–H groups in total. The minimum absolute atomic E-state index is 0.212. The molecule has 2 unspecified atom stereocenters. The molecule has 15 heavy (non-hydrogen) atoms. The minimum atomic E-state index is -1.39. The molecule has 88 valence electrons. The molecule has 0 aliphatic rings. The third kappa shape index (κ3) is 5.39. The van der Waals surface area contributed by atoms with Gasteiger partial charge in [-0.1, -0.05) is 40.4 Å². The maximum absolute atomic E-state index is 10.2. The zero-order valence-corrected chi connectivity index (χ0v) is 12.1. The molecule has 0 saturated heterocycles. The quantitative estimate of drug-likeness (QED) is 0.574. The highest BCUT2D eigenvalue weighted by Gasteiger charge is 2.32. The second-order valence-corrected chi connectivity index (χ2v) is 11.0. The van der Waals surface area contributed by atoms with Crippen LogP contribution in [-0.2, 0) is 0 Å². The molecule has 1 nitrogen and oxygen atoms in total. The Morgan fingerprint density at radius 1 is 1.20 bits per heavy atom. The van der Waals surface area contributed by atoms with Gasteiger partial charge in [0, 0.05) is 12.0 Å². The van der Waals surface area contributed by atoms with Crippen LogP contribution in [0.25, 0.3) is 0 Å². The van der Waals surface area contributed by atoms with Gasteiger partial charge in [-0.2, -0.15) is 0 Å². The van der Waals surface area contributed by atoms with E-state index in [9.17, 15) is 5.11 Å². The Hall–Kier alpha value is -0.263. The van der Waals surface area contributed by atoms with E-state index in [0.717, 1.165) is 12.8 Å². The van der Waals surface area contributed by atoms with E-state index in [4.69, 9.17) is 0 Å². The highest BCUT2D eigenvalue weighted by molar-refractivity contribution is 6.78. The van der Waals surface area contributed by atoms with E-state index in [1.54, 1.807) is 0 Å². The molecule has 0 aromatic heterocycles. The summed E-state index contributed by atoms with van der Waals surface area (Å²) in [6.45, 7) is 13.1. The first-order valence-electron chi connectivity index (χ1n) is 5.97. The van der Waals surface area contributed by atoms with Gasteiger partial charge in [0.05, 0.1) is 14.2 Å². The molecule has 0 amide bonds. The second-order valence-electron chi connectivity index (χ2n) is 5.65. The molecule has 0 rings (SSSR count). The Labute approximate surface area is 96.3 Å². The van der Waals surface area contributed by atoms with Crippen LogP contribution in [0.1, 0.15) is 33.6 Å². The summed E-state index contributed by atoms with van der Waals surface area (Å²) in [6.07, 6.45) is 1.79. The lowest BCUT2D eigenvalue weighted by Crippen LogP contribution is -2.37. The Morgan fingerprint density at radius 2 is 1.73 bits per heavy atom. The van der Waals surface area contributed by atoms with Gasteiger partial charge in [-0.15, -0.1) is 11.8 Å². The van der Waals surface area contributed by atoms with Crippen LogP contribution in [0.4, 0.5) is 0 Å². The topological polar surface area (TPSA) is 20.2 Å². The number of rotatable bonds is 4. The predicted molar refractivity (Wildman–Crippen MR) is 70.6 cm³/mol. The number of aliphatic hydroxyl groups is 1. The standard InChI is InChI=1S/C13H26OSi/c1-7-8-9-10-12(15(4,5)6)13(14)11(2)3/h11-14H,7-8H2,1-6H3. The minimum Gasteiger partial charge on any atom is -0.392 e. The maximum atomic E-state index is 10.2. The van der Waals surface area contributed by atoms with Gasteiger partial charge in [0.1, 0.15) is 0 Å². The first-order valence-corrected chi connectivity index (χ1v) is 9.54. The third-order valence-electron chi connectivity index (χ3n) is 2.59. The molecular formula is C13H26OSi. The molecular weight excluding hydrogens is 200 g/mol. The van der Waals surface area contributed by atoms with Crippen LogP contribution in [0, 0.1) is 17.8 Å². The summed E-state index contributed by atoms with van der Waals surface area (Å²) in [5.74, 6) is 6.81. The van der Waals surface area contributed by atoms with E-state index in [0.29, 0.717) is 5.92 Å². The second kappa shape index (κ2) is 6.35. The van der Waals surface area contributed by atoms with E-state index in [1.807, 2.05) is 0 Å². The molecule has 2 heteroatoms. The molecule has 0 heterocycles. The zero-order chi connectivity index (χ0) is 12.1. The van der Waals surface area contributed by atoms with Crippen molar-refractivity contribution in [3.8, 4) is 11.8 Å². The largest absolute Gasteiger partial charge is 0.392 e. The molecule has 0 aliphatic carbocycles. The van der Waals surface area contributed by atoms with Crippen molar-refractivity contribution in [1.82, 2.24) is 0 Å². The van der Waals surface area contributed by atoms with E-state index >= 15 is 0 Å². The molecule has 0 aromatic carbocycles. The summed E-state index contributed by atoms with van der Waals surface area (Å²) in [6, 6.07) is 0. The molecule has 0 spiro atoms. The Kier molecular flexibility index (Phi) is 6.24. The first-order chi connectivity index (χ1) is 6.80. The van der Waals surface area contributed by atoms with Gasteiger partial charge < -0.3 is 5.11 Å². The molecule has 0 fully saturated rings. The monoisotopic (exact) mass is 226 g/mol. The van der Waals surface area contributed by atoms with Crippen LogP contribution in [-0.4, -0.2) is 19.3 Å². The van der Waals surface area contributed by atoms with Crippen molar-refractivity contribution >= 4 is 8.07 Å². The van der Waals surface area contributed by atoms with Gasteiger partial charge in [0.2, 0.25) is 0 Å². The molecule has 0 aliphatic heterocycles. The van der Waals surface area contributed by atoms with Crippen LogP contribution >= 0.6 is 0 Å². The van der Waals surface area contributed by atoms with Crippen molar-refractivity contribution in [3.05, 3.63) is 0 Å². The average Bonchev–Trinajstić information content (AvgIpc) is 2.09. The summed E-state index contributed by atoms with van der Waals surface area (Å²) < 4.78 is 0. The SMILES string of the molecule is CCCC#CC(C(O)C(C)C)[Si](C)(C)C. The summed E-state index contributed by atoms with van der Waals surface area (Å²) in [7, 11) is -1.39. The summed E-state index contributed by atoms with van der Waals surface area (Å²) in [5, 5.41) is 10.2. The van der Waals surface area contributed by atoms with Gasteiger partial charge in [-0.05, 0) is 12.3 Å². The molecule has 0 aromatic rings. The summed E-state index contributed by atoms with van der Waals surface area (Å²) in [5.41, 5.74) is 0.212. The number of hydrogen-bond donors (Lipinski definition) is 1. The van der Waals surface area contributed by atoms with Crippen LogP contribution in [0.3, 0.4) is 0 Å². The summed E-state index contributed by atoms with van der Waals surface area (Å²) in [4.78, 5) is 0. The van der Waals surface area contributed by atoms with Crippen LogP contribution < -0.4 is 0 Å². The Balaban J connectivity index is 4.69. The molecule has 2 atom stereocenters. The van der Waals surface area contributed by atoms with Crippen molar-refractivity contribution in [2.24, 2.45) is 5.92 Å². The Bertz CT molecular complexity index is 229. The lowest BCUT2D eigenvalue weighted by atomic mass is 10.0. The summed E-state index contributed by atoms with van der Waals surface area (Å²) >= 11 is 0. The van der Waals surface area contributed by atoms with Crippen molar-refractivity contribution in [2.45, 2.75) is 64.9 Å². The number of hydrogen-bond acceptors (Lipinski definition) is 1. The van der Waals surface area contributed by atoms with E-state index < -0.39 is 8.07 Å². The van der Waals surface area contributed by atoms with Crippen molar-refractivity contribution in [3.63, 3.8) is 0 Å². The fraction of sp³-hybridized carbons (Fsp3) is 0.846. The van der Waals surface area contributed by atoms with Gasteiger partial charge in [0.25, 0.3) is 0 Å². The highest BCUT2D eigenvalue weighted by Crippen LogP contribution is 2.28.